The highest BCUT2D eigenvalue weighted by atomic mass is 16.5. The molecule has 0 amide bonds. The quantitative estimate of drug-likeness (QED) is 0.769. The number of rotatable bonds is 2. The molecule has 0 aliphatic carbocycles. The predicted molar refractivity (Wildman–Crippen MR) is 79.1 cm³/mol. The molecule has 108 valence electrons. The predicted octanol–water partition coefficient (Wildman–Crippen LogP) is 1.74. The van der Waals surface area contributed by atoms with Crippen LogP contribution in [0.25, 0.3) is 0 Å². The second-order valence-corrected chi connectivity index (χ2v) is 5.71. The monoisotopic (exact) mass is 274 g/mol. The molecule has 0 spiro atoms. The van der Waals surface area contributed by atoms with E-state index in [9.17, 15) is 4.79 Å². The average Bonchev–Trinajstić information content (AvgIpc) is 2.88. The second kappa shape index (κ2) is 5.44. The molecule has 20 heavy (non-hydrogen) atoms. The number of carbonyl (C=O) groups excluding carboxylic acids is 1. The summed E-state index contributed by atoms with van der Waals surface area (Å²) >= 11 is 0. The van der Waals surface area contributed by atoms with Gasteiger partial charge in [-0.05, 0) is 31.0 Å². The third kappa shape index (κ3) is 2.40. The maximum atomic E-state index is 11.6. The first-order chi connectivity index (χ1) is 9.66. The molecule has 2 aliphatic heterocycles. The maximum Gasteiger partial charge on any atom is 0.323 e. The van der Waals surface area contributed by atoms with Gasteiger partial charge in [0.1, 0.15) is 6.04 Å². The molecule has 3 rings (SSSR count). The summed E-state index contributed by atoms with van der Waals surface area (Å²) in [6, 6.07) is 6.47. The molecule has 0 N–H and O–H groups in total. The zero-order chi connectivity index (χ0) is 14.1. The van der Waals surface area contributed by atoms with E-state index >= 15 is 0 Å². The molecule has 2 saturated heterocycles. The summed E-state index contributed by atoms with van der Waals surface area (Å²) in [4.78, 5) is 16.4. The lowest BCUT2D eigenvalue weighted by molar-refractivity contribution is -0.142. The summed E-state index contributed by atoms with van der Waals surface area (Å²) in [7, 11) is 0. The van der Waals surface area contributed by atoms with Crippen LogP contribution in [0.1, 0.15) is 17.5 Å². The number of aryl methyl sites for hydroxylation is 1. The van der Waals surface area contributed by atoms with Crippen LogP contribution in [0, 0.1) is 13.8 Å². The fourth-order valence-electron chi connectivity index (χ4n) is 3.17. The molecular formula is C16H22N2O2. The Morgan fingerprint density at radius 2 is 1.90 bits per heavy atom. The van der Waals surface area contributed by atoms with Crippen LogP contribution < -0.4 is 4.90 Å². The lowest BCUT2D eigenvalue weighted by atomic mass is 10.1. The normalized spacial score (nSPS) is 24.0. The summed E-state index contributed by atoms with van der Waals surface area (Å²) < 4.78 is 5.07. The minimum absolute atomic E-state index is 0.00393. The van der Waals surface area contributed by atoms with E-state index in [4.69, 9.17) is 4.74 Å². The van der Waals surface area contributed by atoms with Gasteiger partial charge in [-0.25, -0.2) is 0 Å². The number of ether oxygens (including phenoxy) is 1. The number of piperazine rings is 1. The molecular weight excluding hydrogens is 252 g/mol. The van der Waals surface area contributed by atoms with Gasteiger partial charge in [0.2, 0.25) is 0 Å². The van der Waals surface area contributed by atoms with Gasteiger partial charge in [-0.1, -0.05) is 12.1 Å². The van der Waals surface area contributed by atoms with Crippen molar-refractivity contribution in [1.29, 1.82) is 0 Å². The number of hydrogen-bond acceptors (Lipinski definition) is 4. The fourth-order valence-corrected chi connectivity index (χ4v) is 3.17. The van der Waals surface area contributed by atoms with Crippen molar-refractivity contribution in [2.45, 2.75) is 26.3 Å². The smallest absolute Gasteiger partial charge is 0.323 e. The van der Waals surface area contributed by atoms with Gasteiger partial charge in [0, 0.05) is 38.3 Å². The van der Waals surface area contributed by atoms with Crippen molar-refractivity contribution in [2.24, 2.45) is 0 Å². The van der Waals surface area contributed by atoms with Crippen molar-refractivity contribution in [1.82, 2.24) is 4.90 Å². The van der Waals surface area contributed by atoms with Gasteiger partial charge in [-0.2, -0.15) is 0 Å². The zero-order valence-corrected chi connectivity index (χ0v) is 12.3. The number of esters is 1. The minimum Gasteiger partial charge on any atom is -0.464 e. The molecule has 0 bridgehead atoms. The molecule has 2 heterocycles. The second-order valence-electron chi connectivity index (χ2n) is 5.71. The average molecular weight is 274 g/mol. The molecule has 0 radical (unpaired) electrons. The Morgan fingerprint density at radius 3 is 2.55 bits per heavy atom. The summed E-state index contributed by atoms with van der Waals surface area (Å²) in [6.45, 7) is 8.76. The molecule has 1 aromatic rings. The van der Waals surface area contributed by atoms with E-state index in [2.05, 4.69) is 41.8 Å². The van der Waals surface area contributed by atoms with Gasteiger partial charge in [0.25, 0.3) is 0 Å². The Hall–Kier alpha value is -1.55. The van der Waals surface area contributed by atoms with E-state index in [1.807, 2.05) is 0 Å². The van der Waals surface area contributed by atoms with Crippen LogP contribution in [0.4, 0.5) is 5.69 Å². The largest absolute Gasteiger partial charge is 0.464 e. The van der Waals surface area contributed by atoms with Crippen LogP contribution in [0.5, 0.6) is 0 Å². The first kappa shape index (κ1) is 13.4. The Labute approximate surface area is 120 Å². The highest BCUT2D eigenvalue weighted by molar-refractivity contribution is 5.77. The Morgan fingerprint density at radius 1 is 1.15 bits per heavy atom. The van der Waals surface area contributed by atoms with E-state index in [0.717, 1.165) is 32.6 Å². The fraction of sp³-hybridized carbons (Fsp3) is 0.562. The van der Waals surface area contributed by atoms with Gasteiger partial charge >= 0.3 is 5.97 Å². The summed E-state index contributed by atoms with van der Waals surface area (Å²) in [5.41, 5.74) is 4.03. The number of hydrogen-bond donors (Lipinski definition) is 0. The van der Waals surface area contributed by atoms with Crippen LogP contribution in [0.2, 0.25) is 0 Å². The molecule has 2 aliphatic rings. The summed E-state index contributed by atoms with van der Waals surface area (Å²) in [5, 5.41) is 0. The van der Waals surface area contributed by atoms with E-state index in [0.29, 0.717) is 6.61 Å². The SMILES string of the molecule is Cc1cccc(N2CCN(C3CCOC3=O)CC2)c1C. The van der Waals surface area contributed by atoms with Crippen molar-refractivity contribution in [3.63, 3.8) is 0 Å². The summed E-state index contributed by atoms with van der Waals surface area (Å²) in [6.07, 6.45) is 0.850. The van der Waals surface area contributed by atoms with Crippen LogP contribution in [-0.2, 0) is 9.53 Å². The van der Waals surface area contributed by atoms with Crippen molar-refractivity contribution < 1.29 is 9.53 Å². The zero-order valence-electron chi connectivity index (χ0n) is 12.3. The summed E-state index contributed by atoms with van der Waals surface area (Å²) in [5.74, 6) is -0.0369. The van der Waals surface area contributed by atoms with Crippen molar-refractivity contribution in [2.75, 3.05) is 37.7 Å². The number of benzene rings is 1. The molecule has 1 unspecified atom stereocenters. The third-order valence-electron chi connectivity index (χ3n) is 4.58. The Balaban J connectivity index is 1.66. The van der Waals surface area contributed by atoms with Gasteiger partial charge in [0.15, 0.2) is 0 Å². The van der Waals surface area contributed by atoms with Crippen LogP contribution in [0.15, 0.2) is 18.2 Å². The maximum absolute atomic E-state index is 11.6. The van der Waals surface area contributed by atoms with Crippen LogP contribution in [0.3, 0.4) is 0 Å². The van der Waals surface area contributed by atoms with Crippen molar-refractivity contribution >= 4 is 11.7 Å². The highest BCUT2D eigenvalue weighted by Gasteiger charge is 2.34. The van der Waals surface area contributed by atoms with Gasteiger partial charge in [0.05, 0.1) is 6.61 Å². The number of cyclic esters (lactones) is 1. The molecule has 4 nitrogen and oxygen atoms in total. The van der Waals surface area contributed by atoms with Gasteiger partial charge < -0.3 is 9.64 Å². The minimum atomic E-state index is -0.0369. The Bertz CT molecular complexity index is 507. The molecule has 2 fully saturated rings. The first-order valence-corrected chi connectivity index (χ1v) is 7.38. The van der Waals surface area contributed by atoms with E-state index in [1.54, 1.807) is 0 Å². The standard InChI is InChI=1S/C16H22N2O2/c1-12-4-3-5-14(13(12)2)17-7-9-18(10-8-17)15-6-11-20-16(15)19/h3-5,15H,6-11H2,1-2H3. The van der Waals surface area contributed by atoms with E-state index in [1.165, 1.54) is 16.8 Å². The Kier molecular flexibility index (Phi) is 3.66. The number of anilines is 1. The molecule has 0 saturated carbocycles. The van der Waals surface area contributed by atoms with Gasteiger partial charge in [-0.3, -0.25) is 9.69 Å². The molecule has 1 atom stereocenters. The van der Waals surface area contributed by atoms with Gasteiger partial charge in [-0.15, -0.1) is 0 Å². The number of carbonyl (C=O) groups is 1. The van der Waals surface area contributed by atoms with Crippen molar-refractivity contribution in [3.8, 4) is 0 Å². The third-order valence-corrected chi connectivity index (χ3v) is 4.58. The first-order valence-electron chi connectivity index (χ1n) is 7.38. The topological polar surface area (TPSA) is 32.8 Å². The molecule has 4 heteroatoms. The van der Waals surface area contributed by atoms with E-state index < -0.39 is 0 Å². The lowest BCUT2D eigenvalue weighted by Crippen LogP contribution is -2.51. The number of nitrogens with zero attached hydrogens (tertiary/aromatic N) is 2. The lowest BCUT2D eigenvalue weighted by Gasteiger charge is -2.38. The van der Waals surface area contributed by atoms with Crippen LogP contribution in [-0.4, -0.2) is 49.7 Å². The van der Waals surface area contributed by atoms with Crippen LogP contribution >= 0.6 is 0 Å². The highest BCUT2D eigenvalue weighted by Crippen LogP contribution is 2.25. The van der Waals surface area contributed by atoms with E-state index in [-0.39, 0.29) is 12.0 Å². The van der Waals surface area contributed by atoms with Crippen molar-refractivity contribution in [3.05, 3.63) is 29.3 Å². The molecule has 1 aromatic carbocycles. The molecule has 0 aromatic heterocycles.